The van der Waals surface area contributed by atoms with Gasteiger partial charge in [0.1, 0.15) is 5.82 Å². The number of likely N-dealkylation sites (tertiary alicyclic amines) is 1. The van der Waals surface area contributed by atoms with Gasteiger partial charge in [-0.2, -0.15) is 18.4 Å². The topological polar surface area (TPSA) is 56.6 Å². The maximum absolute atomic E-state index is 14.0. The Hall–Kier alpha value is -3.12. The summed E-state index contributed by atoms with van der Waals surface area (Å²) in [7, 11) is 0. The third-order valence-electron chi connectivity index (χ3n) is 7.17. The van der Waals surface area contributed by atoms with Crippen LogP contribution in [0.15, 0.2) is 42.5 Å². The zero-order chi connectivity index (χ0) is 25.2. The molecule has 1 amide bonds. The summed E-state index contributed by atoms with van der Waals surface area (Å²) in [6, 6.07) is 11.6. The Bertz CT molecular complexity index is 1130. The number of carbonyl (C=O) groups excluding carboxylic acids is 1. The molecule has 2 saturated heterocycles. The number of carbonyl (C=O) groups is 1. The number of anilines is 1. The summed E-state index contributed by atoms with van der Waals surface area (Å²) in [5.74, 6) is -0.606. The molecule has 2 aliphatic heterocycles. The van der Waals surface area contributed by atoms with Crippen molar-refractivity contribution in [2.75, 3.05) is 44.3 Å². The van der Waals surface area contributed by atoms with Crippen LogP contribution in [0.25, 0.3) is 0 Å². The molecule has 2 aromatic rings. The van der Waals surface area contributed by atoms with Gasteiger partial charge in [-0.25, -0.2) is 4.39 Å². The first-order valence-corrected chi connectivity index (χ1v) is 11.6. The van der Waals surface area contributed by atoms with Crippen molar-refractivity contribution in [3.05, 3.63) is 65.0 Å². The zero-order valence-corrected chi connectivity index (χ0v) is 19.4. The molecule has 0 saturated carbocycles. The number of hydrogen-bond acceptors (Lipinski definition) is 4. The Balaban J connectivity index is 1.55. The van der Waals surface area contributed by atoms with Crippen LogP contribution in [0.3, 0.4) is 0 Å². The fourth-order valence-corrected chi connectivity index (χ4v) is 5.22. The Morgan fingerprint density at radius 3 is 2.69 bits per heavy atom. The quantitative estimate of drug-likeness (QED) is 0.555. The molecular weight excluding hydrogens is 462 g/mol. The fraction of sp³-hybridized carbons (Fsp3) is 0.462. The molecule has 5 nitrogen and oxygen atoms in total. The van der Waals surface area contributed by atoms with Gasteiger partial charge in [-0.05, 0) is 43.2 Å². The summed E-state index contributed by atoms with van der Waals surface area (Å²) < 4.78 is 60.4. The SMILES string of the molecule is CCOC[C@@]12CCN(C(=O)Cc3ccccc3F)C[C@@H]1CN(c1ccc(C#N)c(C(F)(F)F)c1)C2. The molecule has 0 aliphatic carbocycles. The number of benzene rings is 2. The molecule has 2 heterocycles. The predicted molar refractivity (Wildman–Crippen MR) is 122 cm³/mol. The number of alkyl halides is 3. The minimum Gasteiger partial charge on any atom is -0.381 e. The maximum atomic E-state index is 14.0. The molecule has 4 rings (SSSR count). The third kappa shape index (κ3) is 5.13. The van der Waals surface area contributed by atoms with Crippen LogP contribution in [0.1, 0.15) is 30.0 Å². The van der Waals surface area contributed by atoms with Crippen molar-refractivity contribution in [1.82, 2.24) is 4.90 Å². The molecule has 0 N–H and O–H groups in total. The first-order valence-electron chi connectivity index (χ1n) is 11.6. The van der Waals surface area contributed by atoms with Gasteiger partial charge >= 0.3 is 6.18 Å². The summed E-state index contributed by atoms with van der Waals surface area (Å²) in [4.78, 5) is 16.6. The molecule has 2 aliphatic rings. The third-order valence-corrected chi connectivity index (χ3v) is 7.17. The largest absolute Gasteiger partial charge is 0.417 e. The second-order valence-corrected chi connectivity index (χ2v) is 9.27. The Kier molecular flexibility index (Phi) is 7.04. The average molecular weight is 490 g/mol. The number of fused-ring (bicyclic) bond motifs is 1. The molecule has 2 fully saturated rings. The van der Waals surface area contributed by atoms with Gasteiger partial charge in [-0.1, -0.05) is 18.2 Å². The van der Waals surface area contributed by atoms with Crippen LogP contribution in [0, 0.1) is 28.5 Å². The molecule has 9 heteroatoms. The number of nitriles is 1. The summed E-state index contributed by atoms with van der Waals surface area (Å²) in [5.41, 5.74) is -0.934. The second-order valence-electron chi connectivity index (χ2n) is 9.27. The van der Waals surface area contributed by atoms with Crippen LogP contribution < -0.4 is 4.90 Å². The molecule has 186 valence electrons. The average Bonchev–Trinajstić information content (AvgIpc) is 3.22. The van der Waals surface area contributed by atoms with Gasteiger partial charge in [0.15, 0.2) is 0 Å². The van der Waals surface area contributed by atoms with Crippen molar-refractivity contribution in [2.45, 2.75) is 25.9 Å². The van der Waals surface area contributed by atoms with Crippen molar-refractivity contribution >= 4 is 11.6 Å². The van der Waals surface area contributed by atoms with Gasteiger partial charge in [0.25, 0.3) is 0 Å². The number of halogens is 4. The van der Waals surface area contributed by atoms with Gasteiger partial charge < -0.3 is 14.5 Å². The van der Waals surface area contributed by atoms with Gasteiger partial charge in [-0.3, -0.25) is 4.79 Å². The van der Waals surface area contributed by atoms with E-state index in [0.717, 1.165) is 6.07 Å². The summed E-state index contributed by atoms with van der Waals surface area (Å²) >= 11 is 0. The van der Waals surface area contributed by atoms with Crippen molar-refractivity contribution in [3.8, 4) is 6.07 Å². The second kappa shape index (κ2) is 9.86. The van der Waals surface area contributed by atoms with E-state index in [0.29, 0.717) is 57.1 Å². The fourth-order valence-electron chi connectivity index (χ4n) is 5.22. The van der Waals surface area contributed by atoms with E-state index in [1.54, 1.807) is 35.2 Å². The van der Waals surface area contributed by atoms with Crippen molar-refractivity contribution < 1.29 is 27.1 Å². The zero-order valence-electron chi connectivity index (χ0n) is 19.4. The highest BCUT2D eigenvalue weighted by Gasteiger charge is 2.50. The van der Waals surface area contributed by atoms with E-state index in [4.69, 9.17) is 10.00 Å². The van der Waals surface area contributed by atoms with Crippen LogP contribution in [0.4, 0.5) is 23.2 Å². The number of ether oxygens (including phenoxy) is 1. The normalized spacial score (nSPS) is 22.1. The smallest absolute Gasteiger partial charge is 0.381 e. The van der Waals surface area contributed by atoms with E-state index in [9.17, 15) is 22.4 Å². The first kappa shape index (κ1) is 25.0. The Morgan fingerprint density at radius 2 is 2.00 bits per heavy atom. The molecular formula is C26H27F4N3O2. The van der Waals surface area contributed by atoms with Gasteiger partial charge in [0, 0.05) is 49.8 Å². The number of nitrogens with zero attached hydrogens (tertiary/aromatic N) is 3. The van der Waals surface area contributed by atoms with E-state index in [-0.39, 0.29) is 23.7 Å². The lowest BCUT2D eigenvalue weighted by atomic mass is 9.73. The lowest BCUT2D eigenvalue weighted by Gasteiger charge is -2.43. The van der Waals surface area contributed by atoms with Crippen LogP contribution in [-0.4, -0.2) is 50.2 Å². The number of hydrogen-bond donors (Lipinski definition) is 0. The van der Waals surface area contributed by atoms with Crippen LogP contribution in [0.2, 0.25) is 0 Å². The highest BCUT2D eigenvalue weighted by molar-refractivity contribution is 5.79. The standard InChI is InChI=1S/C26H27F4N3O2/c1-2-35-17-25-9-10-32(24(34)11-18-5-3-4-6-23(18)27)14-20(25)15-33(16-25)21-8-7-19(13-31)22(12-21)26(28,29)30/h3-8,12,20H,2,9-11,14-17H2,1H3/t20-,25+/m1/s1. The molecule has 0 aromatic heterocycles. The number of rotatable bonds is 6. The predicted octanol–water partition coefficient (Wildman–Crippen LogP) is 4.65. The lowest BCUT2D eigenvalue weighted by molar-refractivity contribution is -0.138. The summed E-state index contributed by atoms with van der Waals surface area (Å²) in [6.07, 6.45) is -4.03. The summed E-state index contributed by atoms with van der Waals surface area (Å²) in [6.45, 7) is 4.71. The molecule has 0 radical (unpaired) electrons. The maximum Gasteiger partial charge on any atom is 0.417 e. The van der Waals surface area contributed by atoms with Gasteiger partial charge in [0.05, 0.1) is 30.2 Å². The molecule has 0 bridgehead atoms. The van der Waals surface area contributed by atoms with Crippen molar-refractivity contribution in [2.24, 2.45) is 11.3 Å². The monoisotopic (exact) mass is 489 g/mol. The summed E-state index contributed by atoms with van der Waals surface area (Å²) in [5, 5.41) is 9.11. The minimum absolute atomic E-state index is 0.0163. The van der Waals surface area contributed by atoms with Crippen LogP contribution >= 0.6 is 0 Å². The Morgan fingerprint density at radius 1 is 1.23 bits per heavy atom. The molecule has 0 spiro atoms. The highest BCUT2D eigenvalue weighted by atomic mass is 19.4. The van der Waals surface area contributed by atoms with Gasteiger partial charge in [0.2, 0.25) is 5.91 Å². The highest BCUT2D eigenvalue weighted by Crippen LogP contribution is 2.45. The first-order chi connectivity index (χ1) is 16.7. The molecule has 2 aromatic carbocycles. The van der Waals surface area contributed by atoms with E-state index in [1.165, 1.54) is 12.1 Å². The van der Waals surface area contributed by atoms with Crippen molar-refractivity contribution in [1.29, 1.82) is 5.26 Å². The van der Waals surface area contributed by atoms with Crippen molar-refractivity contribution in [3.63, 3.8) is 0 Å². The number of piperidine rings is 1. The van der Waals surface area contributed by atoms with E-state index in [2.05, 4.69) is 0 Å². The molecule has 0 unspecified atom stereocenters. The molecule has 2 atom stereocenters. The van der Waals surface area contributed by atoms with Gasteiger partial charge in [-0.15, -0.1) is 0 Å². The number of amides is 1. The van der Waals surface area contributed by atoms with E-state index in [1.807, 2.05) is 11.8 Å². The minimum atomic E-state index is -4.63. The van der Waals surface area contributed by atoms with E-state index >= 15 is 0 Å². The van der Waals surface area contributed by atoms with Crippen LogP contribution in [-0.2, 0) is 22.1 Å². The van der Waals surface area contributed by atoms with Crippen LogP contribution in [0.5, 0.6) is 0 Å². The molecule has 35 heavy (non-hydrogen) atoms. The lowest BCUT2D eigenvalue weighted by Crippen LogP contribution is -2.51. The van der Waals surface area contributed by atoms with E-state index < -0.39 is 23.1 Å². The Labute approximate surface area is 201 Å².